The quantitative estimate of drug-likeness (QED) is 0.160. The van der Waals surface area contributed by atoms with Gasteiger partial charge in [0.05, 0.1) is 18.4 Å². The van der Waals surface area contributed by atoms with Gasteiger partial charge in [-0.2, -0.15) is 0 Å². The van der Waals surface area contributed by atoms with Crippen LogP contribution in [0.1, 0.15) is 95.7 Å². The van der Waals surface area contributed by atoms with Crippen molar-refractivity contribution in [2.24, 2.45) is 5.92 Å². The monoisotopic (exact) mass is 721 g/mol. The van der Waals surface area contributed by atoms with Gasteiger partial charge in [-0.15, -0.1) is 30.6 Å². The first-order chi connectivity index (χ1) is 20.1. The number of aromatic amines is 1. The first-order valence-electron chi connectivity index (χ1n) is 15.2. The maximum atomic E-state index is 14.1. The highest BCUT2D eigenvalue weighted by Gasteiger charge is 2.24. The molecule has 0 saturated carbocycles. The molecule has 1 aliphatic rings. The van der Waals surface area contributed by atoms with Gasteiger partial charge in [0.15, 0.2) is 0 Å². The lowest BCUT2D eigenvalue weighted by atomic mass is 10.1. The van der Waals surface area contributed by atoms with Gasteiger partial charge in [0.2, 0.25) is 11.8 Å². The first-order valence-corrected chi connectivity index (χ1v) is 15.2. The van der Waals surface area contributed by atoms with Crippen LogP contribution < -0.4 is 10.6 Å². The van der Waals surface area contributed by atoms with Crippen LogP contribution in [-0.4, -0.2) is 45.8 Å². The third-order valence-corrected chi connectivity index (χ3v) is 6.12. The van der Waals surface area contributed by atoms with Crippen LogP contribution in [0, 0.1) is 17.6 Å². The highest BCUT2D eigenvalue weighted by atomic mass is 127. The van der Waals surface area contributed by atoms with Gasteiger partial charge in [-0.1, -0.05) is 54.2 Å². The van der Waals surface area contributed by atoms with Crippen LogP contribution in [0.15, 0.2) is 49.3 Å². The predicted molar refractivity (Wildman–Crippen MR) is 189 cm³/mol. The summed E-state index contributed by atoms with van der Waals surface area (Å²) in [5.41, 5.74) is 1.40. The van der Waals surface area contributed by atoms with Crippen LogP contribution in [-0.2, 0) is 16.1 Å². The molecule has 0 radical (unpaired) electrons. The molecule has 43 heavy (non-hydrogen) atoms. The van der Waals surface area contributed by atoms with E-state index < -0.39 is 17.7 Å². The summed E-state index contributed by atoms with van der Waals surface area (Å²) in [5.74, 6) is -1.08. The number of H-pyrrole nitrogens is 1. The molecule has 1 saturated heterocycles. The molecule has 2 aromatic rings. The van der Waals surface area contributed by atoms with E-state index in [9.17, 15) is 18.4 Å². The van der Waals surface area contributed by atoms with E-state index in [1.54, 1.807) is 6.08 Å². The van der Waals surface area contributed by atoms with E-state index in [1.807, 2.05) is 48.5 Å². The molecule has 7 nitrogen and oxygen atoms in total. The SMILES string of the molecule is C=C(C[C@H](NC(=O)CCC(C)C)C(=O)NCc1ncc(-c2ccc(F)cc2F)[nH]1)N1CCCCC1.C=CC.CC.CC.I.[HH].[HH]. The lowest BCUT2D eigenvalue weighted by molar-refractivity contribution is -0.129. The van der Waals surface area contributed by atoms with E-state index >= 15 is 0 Å². The van der Waals surface area contributed by atoms with Crippen molar-refractivity contribution in [2.75, 3.05) is 13.1 Å². The number of rotatable bonds is 11. The maximum Gasteiger partial charge on any atom is 0.243 e. The van der Waals surface area contributed by atoms with Gasteiger partial charge >= 0.3 is 0 Å². The van der Waals surface area contributed by atoms with Crippen molar-refractivity contribution in [1.82, 2.24) is 25.5 Å². The molecule has 1 atom stereocenters. The average molecular weight is 722 g/mol. The number of nitrogens with zero attached hydrogens (tertiary/aromatic N) is 2. The van der Waals surface area contributed by atoms with Crippen molar-refractivity contribution >= 4 is 35.8 Å². The Kier molecular flexibility index (Phi) is 24.3. The molecule has 0 unspecified atom stereocenters. The highest BCUT2D eigenvalue weighted by Crippen LogP contribution is 2.22. The van der Waals surface area contributed by atoms with Crippen molar-refractivity contribution in [2.45, 2.75) is 99.6 Å². The number of hydrogen-bond acceptors (Lipinski definition) is 4. The number of piperidine rings is 1. The zero-order valence-corrected chi connectivity index (χ0v) is 29.5. The number of carbonyl (C=O) groups is 2. The highest BCUT2D eigenvalue weighted by molar-refractivity contribution is 14.0. The molecule has 1 aromatic carbocycles. The largest absolute Gasteiger partial charge is 0.375 e. The minimum Gasteiger partial charge on any atom is -0.375 e. The minimum atomic E-state index is -0.756. The Morgan fingerprint density at radius 3 is 2.30 bits per heavy atom. The second-order valence-corrected chi connectivity index (χ2v) is 9.86. The molecule has 1 fully saturated rings. The van der Waals surface area contributed by atoms with Crippen LogP contribution in [0.2, 0.25) is 0 Å². The van der Waals surface area contributed by atoms with Crippen molar-refractivity contribution in [3.63, 3.8) is 0 Å². The number of benzene rings is 1. The molecule has 10 heteroatoms. The zero-order chi connectivity index (χ0) is 32.1. The van der Waals surface area contributed by atoms with Crippen LogP contribution in [0.5, 0.6) is 0 Å². The van der Waals surface area contributed by atoms with E-state index in [0.29, 0.717) is 30.3 Å². The van der Waals surface area contributed by atoms with E-state index in [1.165, 1.54) is 24.8 Å². The summed E-state index contributed by atoms with van der Waals surface area (Å²) in [6.45, 7) is 23.4. The van der Waals surface area contributed by atoms with Crippen LogP contribution in [0.3, 0.4) is 0 Å². The molecule has 248 valence electrons. The Bertz CT molecular complexity index is 1100. The summed E-state index contributed by atoms with van der Waals surface area (Å²) < 4.78 is 27.3. The van der Waals surface area contributed by atoms with Gasteiger partial charge in [0.1, 0.15) is 23.5 Å². The molecule has 0 bridgehead atoms. The number of imidazole rings is 1. The molecule has 1 aliphatic heterocycles. The Morgan fingerprint density at radius 1 is 1.14 bits per heavy atom. The van der Waals surface area contributed by atoms with Gasteiger partial charge in [0.25, 0.3) is 0 Å². The number of likely N-dealkylation sites (tertiary alicyclic amines) is 1. The fourth-order valence-electron chi connectivity index (χ4n) is 4.06. The van der Waals surface area contributed by atoms with Gasteiger partial charge in [-0.25, -0.2) is 13.8 Å². The number of carbonyl (C=O) groups excluding carboxylic acids is 2. The molecule has 2 amide bonds. The zero-order valence-electron chi connectivity index (χ0n) is 27.2. The van der Waals surface area contributed by atoms with Crippen LogP contribution in [0.4, 0.5) is 8.78 Å². The maximum absolute atomic E-state index is 14.1. The van der Waals surface area contributed by atoms with Gasteiger partial charge in [-0.3, -0.25) is 9.59 Å². The minimum absolute atomic E-state index is 0. The van der Waals surface area contributed by atoms with Gasteiger partial charge < -0.3 is 20.5 Å². The third-order valence-electron chi connectivity index (χ3n) is 6.12. The topological polar surface area (TPSA) is 90.1 Å². The molecule has 3 N–H and O–H groups in total. The second kappa shape index (κ2) is 24.7. The number of hydrogen-bond donors (Lipinski definition) is 3. The summed E-state index contributed by atoms with van der Waals surface area (Å²) in [6, 6.07) is 2.55. The summed E-state index contributed by atoms with van der Waals surface area (Å²) in [7, 11) is 0. The molecule has 1 aromatic heterocycles. The Morgan fingerprint density at radius 2 is 1.74 bits per heavy atom. The molecular formula is C33H58F2IN5O2. The van der Waals surface area contributed by atoms with Crippen molar-refractivity contribution in [1.29, 1.82) is 0 Å². The number of halogens is 3. The summed E-state index contributed by atoms with van der Waals surface area (Å²) in [4.78, 5) is 34.9. The normalized spacial score (nSPS) is 12.5. The third kappa shape index (κ3) is 16.6. The number of nitrogens with one attached hydrogen (secondary N) is 3. The average Bonchev–Trinajstić information content (AvgIpc) is 3.46. The summed E-state index contributed by atoms with van der Waals surface area (Å²) in [5, 5.41) is 5.67. The second-order valence-electron chi connectivity index (χ2n) is 9.86. The van der Waals surface area contributed by atoms with Crippen LogP contribution >= 0.6 is 24.0 Å². The molecule has 0 aliphatic carbocycles. The van der Waals surface area contributed by atoms with Gasteiger partial charge in [-0.05, 0) is 50.7 Å². The Labute approximate surface area is 278 Å². The predicted octanol–water partition coefficient (Wildman–Crippen LogP) is 8.64. The van der Waals surface area contributed by atoms with Crippen molar-refractivity contribution < 1.29 is 21.2 Å². The van der Waals surface area contributed by atoms with E-state index in [2.05, 4.69) is 38.7 Å². The van der Waals surface area contributed by atoms with Crippen molar-refractivity contribution in [3.8, 4) is 11.3 Å². The number of amides is 2. The lowest BCUT2D eigenvalue weighted by Gasteiger charge is -2.32. The number of aromatic nitrogens is 2. The van der Waals surface area contributed by atoms with Crippen molar-refractivity contribution in [3.05, 3.63) is 66.8 Å². The summed E-state index contributed by atoms with van der Waals surface area (Å²) >= 11 is 0. The molecular weight excluding hydrogens is 663 g/mol. The summed E-state index contributed by atoms with van der Waals surface area (Å²) in [6.07, 6.45) is 7.96. The van der Waals surface area contributed by atoms with Gasteiger partial charge in [0, 0.05) is 46.1 Å². The fraction of sp³-hybridized carbons (Fsp3) is 0.545. The molecule has 3 rings (SSSR count). The lowest BCUT2D eigenvalue weighted by Crippen LogP contribution is -2.48. The first kappa shape index (κ1) is 42.4. The molecule has 0 spiro atoms. The molecule has 2 heterocycles. The fourth-order valence-corrected chi connectivity index (χ4v) is 4.06. The smallest absolute Gasteiger partial charge is 0.243 e. The van der Waals surface area contributed by atoms with E-state index in [0.717, 1.165) is 44.1 Å². The standard InChI is InChI=1S/C26H35F2N5O2.C3H6.2C2H6.HI.2H2/c1-17(2)7-10-25(34)32-22(13-18(3)33-11-5-4-6-12-33)26(35)30-16-24-29-15-23(31-24)20-9-8-19(27)14-21(20)28;1-3-2;2*1-2;;;/h8-9,14-15,17,22H,3-7,10-13,16H2,1-2H3,(H,29,31)(H,30,35)(H,32,34);3H,1H2,2H3;2*1-2H3;3*1H/t22-;;;;;;/m0....../s1. The van der Waals surface area contributed by atoms with Crippen LogP contribution in [0.25, 0.3) is 11.3 Å². The Hall–Kier alpha value is -2.76. The Balaban J connectivity index is -0.000000778. The van der Waals surface area contributed by atoms with E-state index in [-0.39, 0.29) is 50.8 Å². The number of allylic oxidation sites excluding steroid dienone is 1. The van der Waals surface area contributed by atoms with E-state index in [4.69, 9.17) is 0 Å².